The van der Waals surface area contributed by atoms with Crippen molar-refractivity contribution >= 4 is 40.8 Å². The van der Waals surface area contributed by atoms with Crippen molar-refractivity contribution in [2.75, 3.05) is 11.9 Å². The monoisotopic (exact) mass is 439 g/mol. The molecule has 0 fully saturated rings. The van der Waals surface area contributed by atoms with Gasteiger partial charge in [0.2, 0.25) is 0 Å². The lowest BCUT2D eigenvalue weighted by molar-refractivity contribution is -0.137. The van der Waals surface area contributed by atoms with E-state index in [4.69, 9.17) is 11.6 Å². The molecule has 152 valence electrons. The minimum Gasteiger partial charge on any atom is -0.306 e. The summed E-state index contributed by atoms with van der Waals surface area (Å²) in [5.41, 5.74) is 1.28. The largest absolute Gasteiger partial charge is 0.416 e. The Morgan fingerprint density at radius 1 is 1.24 bits per heavy atom. The average molecular weight is 440 g/mol. The highest BCUT2D eigenvalue weighted by molar-refractivity contribution is 8.00. The van der Waals surface area contributed by atoms with Crippen molar-refractivity contribution in [3.8, 4) is 0 Å². The number of alkyl halides is 3. The zero-order valence-electron chi connectivity index (χ0n) is 15.5. The van der Waals surface area contributed by atoms with Gasteiger partial charge in [0.05, 0.1) is 17.8 Å². The van der Waals surface area contributed by atoms with Gasteiger partial charge in [-0.2, -0.15) is 18.3 Å². The third-order valence-corrected chi connectivity index (χ3v) is 6.65. The number of carbonyl (C=O) groups is 1. The Kier molecular flexibility index (Phi) is 4.82. The van der Waals surface area contributed by atoms with Crippen LogP contribution < -0.4 is 5.32 Å². The fourth-order valence-electron chi connectivity index (χ4n) is 3.50. The number of benzene rings is 2. The van der Waals surface area contributed by atoms with E-state index in [1.807, 2.05) is 12.1 Å². The number of thioether (sulfide) groups is 1. The smallest absolute Gasteiger partial charge is 0.306 e. The minimum atomic E-state index is -4.42. The van der Waals surface area contributed by atoms with Crippen LogP contribution in [0.3, 0.4) is 0 Å². The summed E-state index contributed by atoms with van der Waals surface area (Å²) in [4.78, 5) is 13.7. The lowest BCUT2D eigenvalue weighted by Crippen LogP contribution is -2.40. The molecule has 0 bridgehead atoms. The van der Waals surface area contributed by atoms with Crippen molar-refractivity contribution in [3.05, 3.63) is 58.6 Å². The molecule has 2 aliphatic heterocycles. The molecule has 9 heteroatoms. The van der Waals surface area contributed by atoms with Crippen molar-refractivity contribution in [2.45, 2.75) is 29.7 Å². The van der Waals surface area contributed by atoms with E-state index in [0.29, 0.717) is 11.6 Å². The van der Waals surface area contributed by atoms with E-state index in [0.717, 1.165) is 28.3 Å². The van der Waals surface area contributed by atoms with Gasteiger partial charge in [0, 0.05) is 31.8 Å². The van der Waals surface area contributed by atoms with Crippen molar-refractivity contribution in [1.29, 1.82) is 0 Å². The van der Waals surface area contributed by atoms with E-state index in [-0.39, 0.29) is 16.4 Å². The average Bonchev–Trinajstić information content (AvgIpc) is 3.08. The van der Waals surface area contributed by atoms with Crippen LogP contribution in [0.5, 0.6) is 0 Å². The second-order valence-corrected chi connectivity index (χ2v) is 9.60. The van der Waals surface area contributed by atoms with Crippen molar-refractivity contribution < 1.29 is 18.0 Å². The van der Waals surface area contributed by atoms with Crippen LogP contribution in [0.2, 0.25) is 5.02 Å². The first-order chi connectivity index (χ1) is 13.5. The van der Waals surface area contributed by atoms with Crippen LogP contribution in [-0.2, 0) is 6.18 Å². The standard InChI is InChI=1S/C20H17ClF3N3OS/c1-19(2)15-10-27(26-17(15)14-8-5-12(21)9-16(14)29-19)18(28)25-13-6-3-11(4-7-13)20(22,23)24/h3-9,15H,10H2,1-2H3,(H,25,28). The van der Waals surface area contributed by atoms with Crippen LogP contribution in [0.1, 0.15) is 25.0 Å². The molecular weight excluding hydrogens is 423 g/mol. The van der Waals surface area contributed by atoms with Gasteiger partial charge in [-0.05, 0) is 50.2 Å². The molecule has 4 rings (SSSR count). The number of carbonyl (C=O) groups excluding carboxylic acids is 1. The summed E-state index contributed by atoms with van der Waals surface area (Å²) in [6, 6.07) is 9.45. The molecule has 2 aromatic rings. The number of nitrogens with one attached hydrogen (secondary N) is 1. The number of hydrazone groups is 1. The van der Waals surface area contributed by atoms with Gasteiger partial charge in [-0.3, -0.25) is 0 Å². The topological polar surface area (TPSA) is 44.7 Å². The second kappa shape index (κ2) is 6.95. The Bertz CT molecular complexity index is 1010. The minimum absolute atomic E-state index is 0.0273. The van der Waals surface area contributed by atoms with Gasteiger partial charge in [0.25, 0.3) is 0 Å². The Morgan fingerprint density at radius 2 is 1.93 bits per heavy atom. The fourth-order valence-corrected chi connectivity index (χ4v) is 5.10. The molecule has 0 saturated carbocycles. The molecule has 0 radical (unpaired) electrons. The Morgan fingerprint density at radius 3 is 2.59 bits per heavy atom. The zero-order valence-corrected chi connectivity index (χ0v) is 17.1. The van der Waals surface area contributed by atoms with Crippen LogP contribution in [0.15, 0.2) is 52.5 Å². The summed E-state index contributed by atoms with van der Waals surface area (Å²) in [5.74, 6) is 0.0273. The molecule has 0 saturated heterocycles. The number of anilines is 1. The molecule has 2 amide bonds. The Balaban J connectivity index is 1.56. The van der Waals surface area contributed by atoms with Gasteiger partial charge in [0.15, 0.2) is 0 Å². The van der Waals surface area contributed by atoms with Crippen LogP contribution >= 0.6 is 23.4 Å². The second-order valence-electron chi connectivity index (χ2n) is 7.47. The van der Waals surface area contributed by atoms with Crippen LogP contribution in [0, 0.1) is 5.92 Å². The summed E-state index contributed by atoms with van der Waals surface area (Å²) in [6.45, 7) is 4.59. The van der Waals surface area contributed by atoms with Crippen LogP contribution in [0.4, 0.5) is 23.7 Å². The van der Waals surface area contributed by atoms with Gasteiger partial charge < -0.3 is 5.32 Å². The van der Waals surface area contributed by atoms with Crippen LogP contribution in [-0.4, -0.2) is 28.0 Å². The Labute approximate surface area is 175 Å². The molecule has 0 aromatic heterocycles. The summed E-state index contributed by atoms with van der Waals surface area (Å²) in [6.07, 6.45) is -4.42. The number of halogens is 4. The number of rotatable bonds is 1. The first kappa shape index (κ1) is 20.1. The summed E-state index contributed by atoms with van der Waals surface area (Å²) >= 11 is 7.82. The third-order valence-electron chi connectivity index (χ3n) is 5.04. The number of amides is 2. The Hall–Kier alpha value is -2.19. The lowest BCUT2D eigenvalue weighted by Gasteiger charge is -2.36. The highest BCUT2D eigenvalue weighted by atomic mass is 35.5. The highest BCUT2D eigenvalue weighted by Crippen LogP contribution is 2.49. The first-order valence-electron chi connectivity index (χ1n) is 8.88. The zero-order chi connectivity index (χ0) is 21.0. The van der Waals surface area contributed by atoms with E-state index >= 15 is 0 Å². The molecular formula is C20H17ClF3N3OS. The van der Waals surface area contributed by atoms with Gasteiger partial charge >= 0.3 is 12.2 Å². The summed E-state index contributed by atoms with van der Waals surface area (Å²) in [7, 11) is 0. The number of hydrogen-bond donors (Lipinski definition) is 1. The molecule has 1 N–H and O–H groups in total. The maximum Gasteiger partial charge on any atom is 0.416 e. The van der Waals surface area contributed by atoms with Gasteiger partial charge in [-0.15, -0.1) is 11.8 Å². The lowest BCUT2D eigenvalue weighted by atomic mass is 9.86. The third kappa shape index (κ3) is 3.83. The molecule has 0 aliphatic carbocycles. The molecule has 2 aliphatic rings. The molecule has 0 spiro atoms. The molecule has 1 atom stereocenters. The number of hydrogen-bond acceptors (Lipinski definition) is 3. The highest BCUT2D eigenvalue weighted by Gasteiger charge is 2.46. The molecule has 2 heterocycles. The van der Waals surface area contributed by atoms with Gasteiger partial charge in [-0.25, -0.2) is 9.80 Å². The predicted molar refractivity (Wildman–Crippen MR) is 109 cm³/mol. The summed E-state index contributed by atoms with van der Waals surface area (Å²) < 4.78 is 37.9. The predicted octanol–water partition coefficient (Wildman–Crippen LogP) is 6.11. The van der Waals surface area contributed by atoms with E-state index in [9.17, 15) is 18.0 Å². The van der Waals surface area contributed by atoms with Crippen LogP contribution in [0.25, 0.3) is 0 Å². The number of urea groups is 1. The van der Waals surface area contributed by atoms with E-state index in [1.165, 1.54) is 17.1 Å². The maximum absolute atomic E-state index is 12.7. The van der Waals surface area contributed by atoms with Crippen molar-refractivity contribution in [3.63, 3.8) is 0 Å². The van der Waals surface area contributed by atoms with Crippen molar-refractivity contribution in [2.24, 2.45) is 11.0 Å². The maximum atomic E-state index is 12.7. The molecule has 2 aromatic carbocycles. The van der Waals surface area contributed by atoms with Crippen molar-refractivity contribution in [1.82, 2.24) is 5.01 Å². The quantitative estimate of drug-likeness (QED) is 0.582. The van der Waals surface area contributed by atoms with E-state index in [2.05, 4.69) is 24.3 Å². The molecule has 4 nitrogen and oxygen atoms in total. The molecule has 29 heavy (non-hydrogen) atoms. The van der Waals surface area contributed by atoms with E-state index in [1.54, 1.807) is 17.8 Å². The van der Waals surface area contributed by atoms with Gasteiger partial charge in [0.1, 0.15) is 0 Å². The molecule has 1 unspecified atom stereocenters. The van der Waals surface area contributed by atoms with E-state index < -0.39 is 17.8 Å². The number of nitrogens with zero attached hydrogens (tertiary/aromatic N) is 2. The normalized spacial score (nSPS) is 20.0. The summed E-state index contributed by atoms with van der Waals surface area (Å²) in [5, 5.41) is 9.13. The van der Waals surface area contributed by atoms with Gasteiger partial charge in [-0.1, -0.05) is 17.7 Å². The fraction of sp³-hybridized carbons (Fsp3) is 0.300. The number of fused-ring (bicyclic) bond motifs is 3. The SMILES string of the molecule is CC1(C)Sc2cc(Cl)ccc2C2=NN(C(=O)Nc3ccc(C(F)(F)F)cc3)CC21. The first-order valence-corrected chi connectivity index (χ1v) is 10.1.